The van der Waals surface area contributed by atoms with Crippen molar-refractivity contribution in [2.24, 2.45) is 0 Å². The van der Waals surface area contributed by atoms with Gasteiger partial charge < -0.3 is 118 Å². The van der Waals surface area contributed by atoms with Crippen LogP contribution in [0.5, 0.6) is 115 Å². The Labute approximate surface area is 674 Å². The Balaban J connectivity index is -0.000000424. The third-order valence-corrected chi connectivity index (χ3v) is 15.7. The number of hydrogen-bond acceptors (Lipinski definition) is 24. The minimum Gasteiger partial charge on any atom is -0.508 e. The second kappa shape index (κ2) is 58.5. The minimum atomic E-state index is -0.893. The lowest BCUT2D eigenvalue weighted by Crippen LogP contribution is -2.32. The molecule has 4 aliphatic heterocycles. The molecule has 4 aliphatic rings. The number of benzene rings is 8. The second-order valence-electron chi connectivity index (χ2n) is 21.3. The highest BCUT2D eigenvalue weighted by atomic mass is 16.6. The molecule has 0 aliphatic carbocycles. The number of methoxy groups -OCH3 is 7. The van der Waals surface area contributed by atoms with Crippen LogP contribution in [0.15, 0.2) is 121 Å². The number of ether oxygens (including phenoxy) is 11. The fourth-order valence-corrected chi connectivity index (χ4v) is 11.0. The maximum Gasteiger partial charge on any atom is 0.160 e. The first-order valence-corrected chi connectivity index (χ1v) is 37.2. The van der Waals surface area contributed by atoms with Gasteiger partial charge in [-0.05, 0) is 70.8 Å². The summed E-state index contributed by atoms with van der Waals surface area (Å²) < 4.78 is 60.2. The number of rotatable bonds is 11. The lowest BCUT2D eigenvalue weighted by atomic mass is 9.93. The molecule has 24 heteroatoms. The van der Waals surface area contributed by atoms with E-state index in [4.69, 9.17) is 52.1 Å². The van der Waals surface area contributed by atoms with Crippen LogP contribution in [-0.2, 0) is 35.2 Å². The van der Waals surface area contributed by atoms with Crippen molar-refractivity contribution in [3.8, 4) is 115 Å². The van der Waals surface area contributed by atoms with E-state index in [1.807, 2.05) is 125 Å². The summed E-state index contributed by atoms with van der Waals surface area (Å²) in [4.78, 5) is 0. The predicted octanol–water partition coefficient (Wildman–Crippen LogP) is 20.8. The van der Waals surface area contributed by atoms with Crippen molar-refractivity contribution in [1.29, 1.82) is 0 Å². The number of aliphatic hydroxyl groups is 2. The summed E-state index contributed by atoms with van der Waals surface area (Å²) in [5.74, 6) is 2.94. The molecule has 8 aromatic rings. The van der Waals surface area contributed by atoms with Crippen LogP contribution in [0.1, 0.15) is 223 Å². The first kappa shape index (κ1) is 111. The van der Waals surface area contributed by atoms with Crippen molar-refractivity contribution in [2.75, 3.05) is 49.8 Å². The molecular weight excluding hydrogens is 1450 g/mol. The predicted molar refractivity (Wildman–Crippen MR) is 454 cm³/mol. The van der Waals surface area contributed by atoms with Crippen LogP contribution in [0, 0.1) is 0 Å². The SMILES string of the molecule is C.C.C.C.CC.CC.CC.CC.CC.CC.CC.CC.CC.COc1cc(O)c2c(c1)O[C@H](c1ccc(O)c(O)c1)[C@H](OC)C2.COc1cc(O)cc2c1C[C@@H](OC)[C@@H](c1ccc(O)c(O)c1)O2.COc1ccc([C@H]2Oc3cc(O)cc(O)c3C[C@H]2O)cc1O.COc1ccc([C@H]2Oc3cc(O)cc(OC)c3C[C@H]2O)cc1O. The molecule has 0 saturated heterocycles. The molecule has 0 amide bonds. The van der Waals surface area contributed by atoms with E-state index in [0.717, 1.165) is 5.56 Å². The molecule has 8 aromatic carbocycles. The van der Waals surface area contributed by atoms with Crippen LogP contribution in [-0.4, -0.2) is 141 Å². The maximum absolute atomic E-state index is 10.4. The lowest BCUT2D eigenvalue weighted by Gasteiger charge is -2.33. The van der Waals surface area contributed by atoms with Gasteiger partial charge >= 0.3 is 0 Å². The van der Waals surface area contributed by atoms with E-state index in [2.05, 4.69) is 0 Å². The van der Waals surface area contributed by atoms with Crippen molar-refractivity contribution < 1.29 is 118 Å². The number of phenolic OH excluding ortho intramolecular Hbond substituents is 11. The molecule has 13 N–H and O–H groups in total. The number of fused-ring (bicyclic) bond motifs is 4. The van der Waals surface area contributed by atoms with E-state index >= 15 is 0 Å². The number of aromatic hydroxyl groups is 11. The van der Waals surface area contributed by atoms with Crippen LogP contribution in [0.4, 0.5) is 0 Å². The zero-order chi connectivity index (χ0) is 83.5. The lowest BCUT2D eigenvalue weighted by molar-refractivity contribution is -0.0122. The standard InChI is InChI=1S/3C17H18O6.C16H16O6.9C2H6.4CH4/c1-21-14-4-3-9(5-12(14)19)17-13(20)8-11-15(22-2)6-10(18)7-16(11)23-17;1-21-10-6-13(19)11-8-16(22-2)17(23-15(11)7-10)9-3-4-12(18)14(20)5-9;1-21-14-6-10(18)7-15-11(14)8-16(22-2)17(23-15)9-3-4-12(19)13(20)5-9;1-21-14-3-2-8(4-12(14)19)16-13(20)7-10-11(18)5-9(17)6-15(10)22-16;9*1-2;;;;/h3-7,13,17-20H,8H2,1-2H3;2*3-7,16-20H,8H2,1-2H3;2-6,13,16-20H,7H2,1H3;9*1-2H3;4*1H4/t13-,17-;2*16-,17-;13-,16-;;;;;;;;;;;;;/m1111............./s1. The van der Waals surface area contributed by atoms with Gasteiger partial charge in [-0.3, -0.25) is 0 Å². The van der Waals surface area contributed by atoms with E-state index in [0.29, 0.717) is 110 Å². The van der Waals surface area contributed by atoms with Gasteiger partial charge in [-0.15, -0.1) is 0 Å². The van der Waals surface area contributed by atoms with Gasteiger partial charge in [0, 0.05) is 111 Å². The topological polar surface area (TPSA) is 365 Å². The van der Waals surface area contributed by atoms with E-state index in [1.54, 1.807) is 56.7 Å². The summed E-state index contributed by atoms with van der Waals surface area (Å²) in [6, 6.07) is 30.4. The molecule has 0 saturated carbocycles. The second-order valence-corrected chi connectivity index (χ2v) is 21.3. The van der Waals surface area contributed by atoms with Gasteiger partial charge in [-0.25, -0.2) is 0 Å². The fraction of sp³-hybridized carbons (Fsp3) is 0.461. The summed E-state index contributed by atoms with van der Waals surface area (Å²) >= 11 is 0. The largest absolute Gasteiger partial charge is 0.508 e. The minimum absolute atomic E-state index is 0. The normalized spacial score (nSPS) is 16.4. The Morgan fingerprint density at radius 1 is 0.257 bits per heavy atom. The Bertz CT molecular complexity index is 3840. The molecule has 24 nitrogen and oxygen atoms in total. The van der Waals surface area contributed by atoms with Crippen molar-refractivity contribution in [3.63, 3.8) is 0 Å². The quantitative estimate of drug-likeness (QED) is 0.0535. The Morgan fingerprint density at radius 3 is 0.867 bits per heavy atom. The van der Waals surface area contributed by atoms with Crippen molar-refractivity contribution in [3.05, 3.63) is 166 Å². The van der Waals surface area contributed by atoms with Crippen LogP contribution in [0.2, 0.25) is 0 Å². The van der Waals surface area contributed by atoms with Crippen LogP contribution in [0.25, 0.3) is 0 Å². The molecule has 0 spiro atoms. The molecule has 640 valence electrons. The Morgan fingerprint density at radius 2 is 0.531 bits per heavy atom. The number of aliphatic hydroxyl groups excluding tert-OH is 2. The summed E-state index contributed by atoms with van der Waals surface area (Å²) in [7, 11) is 10.6. The summed E-state index contributed by atoms with van der Waals surface area (Å²) in [5.41, 5.74) is 5.13. The highest BCUT2D eigenvalue weighted by Crippen LogP contribution is 2.48. The van der Waals surface area contributed by atoms with Crippen molar-refractivity contribution in [1.82, 2.24) is 0 Å². The van der Waals surface area contributed by atoms with Crippen molar-refractivity contribution in [2.45, 2.75) is 229 Å². The number of phenols is 11. The van der Waals surface area contributed by atoms with Gasteiger partial charge in [-0.2, -0.15) is 0 Å². The van der Waals surface area contributed by atoms with Gasteiger partial charge in [0.2, 0.25) is 0 Å². The van der Waals surface area contributed by atoms with E-state index in [-0.39, 0.29) is 112 Å². The summed E-state index contributed by atoms with van der Waals surface area (Å²) in [6.45, 7) is 36.0. The van der Waals surface area contributed by atoms with Gasteiger partial charge in [-0.1, -0.05) is 179 Å². The van der Waals surface area contributed by atoms with Crippen molar-refractivity contribution >= 4 is 0 Å². The molecule has 0 unspecified atom stereocenters. The van der Waals surface area contributed by atoms with Crippen LogP contribution in [0.3, 0.4) is 0 Å². The molecular formula is C89H140O24. The fourth-order valence-electron chi connectivity index (χ4n) is 11.0. The van der Waals surface area contributed by atoms with E-state index < -0.39 is 36.6 Å². The van der Waals surface area contributed by atoms with Gasteiger partial charge in [0.15, 0.2) is 58.2 Å². The van der Waals surface area contributed by atoms with Crippen LogP contribution < -0.4 is 42.6 Å². The first-order chi connectivity index (χ1) is 52.6. The highest BCUT2D eigenvalue weighted by molar-refractivity contribution is 5.57. The zero-order valence-corrected chi connectivity index (χ0v) is 68.3. The summed E-state index contributed by atoms with van der Waals surface area (Å²) in [6.07, 6.45) is -3.21. The molecule has 113 heavy (non-hydrogen) atoms. The molecule has 0 fully saturated rings. The van der Waals surface area contributed by atoms with E-state index in [9.17, 15) is 66.4 Å². The molecule has 0 radical (unpaired) electrons. The van der Waals surface area contributed by atoms with Gasteiger partial charge in [0.1, 0.15) is 93.4 Å². The first-order valence-electron chi connectivity index (χ1n) is 37.2. The number of hydrogen-bond donors (Lipinski definition) is 13. The third kappa shape index (κ3) is 29.9. The van der Waals surface area contributed by atoms with E-state index in [1.165, 1.54) is 114 Å². The van der Waals surface area contributed by atoms with Gasteiger partial charge in [0.05, 0.1) is 47.8 Å². The Hall–Kier alpha value is -10.4. The summed E-state index contributed by atoms with van der Waals surface area (Å²) in [5, 5.41) is 128. The molecule has 12 rings (SSSR count). The molecule has 0 bridgehead atoms. The smallest absolute Gasteiger partial charge is 0.160 e. The average Bonchev–Trinajstić information content (AvgIpc) is 0.798. The van der Waals surface area contributed by atoms with Gasteiger partial charge in [0.25, 0.3) is 0 Å². The molecule has 8 atom stereocenters. The highest BCUT2D eigenvalue weighted by Gasteiger charge is 2.38. The Kier molecular flexibility index (Phi) is 57.5. The molecule has 0 aromatic heterocycles. The average molecular weight is 1590 g/mol. The third-order valence-electron chi connectivity index (χ3n) is 15.7. The maximum atomic E-state index is 10.4. The molecule has 4 heterocycles. The monoisotopic (exact) mass is 1590 g/mol. The zero-order valence-electron chi connectivity index (χ0n) is 68.3. The van der Waals surface area contributed by atoms with Crippen LogP contribution >= 0.6 is 0 Å².